The lowest BCUT2D eigenvalue weighted by molar-refractivity contribution is -0.197. The highest BCUT2D eigenvalue weighted by Crippen LogP contribution is 2.47. The molecule has 0 aromatic carbocycles. The second-order valence-electron chi connectivity index (χ2n) is 8.93. The highest BCUT2D eigenvalue weighted by Gasteiger charge is 2.46. The Hall–Kier alpha value is -0.200. The van der Waals surface area contributed by atoms with Crippen molar-refractivity contribution in [1.82, 2.24) is 4.90 Å². The molecule has 0 radical (unpaired) electrons. The molecule has 0 aromatic rings. The molecule has 1 atom stereocenters. The van der Waals surface area contributed by atoms with Crippen LogP contribution in [0.4, 0.5) is 0 Å². The van der Waals surface area contributed by atoms with Gasteiger partial charge in [0.1, 0.15) is 0 Å². The number of rotatable bonds is 8. The standard InChI is InChI=1S/C21H39NO4/c1-5-20(3,4)17-7-10-21(11-8-17)25-16-18(26-21)9-12-22(6-2)15-19-23-13-14-24-19/h17-19H,5-16H2,1-4H3. The van der Waals surface area contributed by atoms with Crippen molar-refractivity contribution in [2.75, 3.05) is 39.5 Å². The molecule has 5 heteroatoms. The summed E-state index contributed by atoms with van der Waals surface area (Å²) in [5.74, 6) is 0.506. The van der Waals surface area contributed by atoms with E-state index in [1.54, 1.807) is 0 Å². The number of hydrogen-bond donors (Lipinski definition) is 0. The van der Waals surface area contributed by atoms with Crippen molar-refractivity contribution in [3.63, 3.8) is 0 Å². The van der Waals surface area contributed by atoms with E-state index in [1.165, 1.54) is 19.3 Å². The van der Waals surface area contributed by atoms with E-state index in [1.807, 2.05) is 0 Å². The molecule has 2 aliphatic heterocycles. The Balaban J connectivity index is 1.41. The Kier molecular flexibility index (Phi) is 7.00. The van der Waals surface area contributed by atoms with Gasteiger partial charge >= 0.3 is 0 Å². The van der Waals surface area contributed by atoms with E-state index in [9.17, 15) is 0 Å². The normalized spacial score (nSPS) is 33.6. The van der Waals surface area contributed by atoms with Gasteiger partial charge < -0.3 is 18.9 Å². The molecule has 1 spiro atoms. The molecular formula is C21H39NO4. The molecule has 0 N–H and O–H groups in total. The van der Waals surface area contributed by atoms with E-state index in [0.29, 0.717) is 5.41 Å². The van der Waals surface area contributed by atoms with E-state index in [-0.39, 0.29) is 18.2 Å². The first-order valence-corrected chi connectivity index (χ1v) is 10.7. The highest BCUT2D eigenvalue weighted by atomic mass is 16.7. The Labute approximate surface area is 159 Å². The van der Waals surface area contributed by atoms with Crippen LogP contribution in [0.1, 0.15) is 66.2 Å². The maximum atomic E-state index is 6.44. The fourth-order valence-electron chi connectivity index (χ4n) is 4.58. The van der Waals surface area contributed by atoms with Gasteiger partial charge in [0.05, 0.1) is 25.9 Å². The Morgan fingerprint density at radius 1 is 1.08 bits per heavy atom. The minimum atomic E-state index is -0.292. The molecule has 1 aliphatic carbocycles. The molecule has 0 amide bonds. The molecule has 1 saturated carbocycles. The van der Waals surface area contributed by atoms with E-state index >= 15 is 0 Å². The van der Waals surface area contributed by atoms with Crippen LogP contribution < -0.4 is 0 Å². The van der Waals surface area contributed by atoms with E-state index in [0.717, 1.165) is 64.6 Å². The van der Waals surface area contributed by atoms with Gasteiger partial charge in [0.25, 0.3) is 0 Å². The zero-order chi connectivity index (χ0) is 18.6. The Morgan fingerprint density at radius 2 is 1.77 bits per heavy atom. The summed E-state index contributed by atoms with van der Waals surface area (Å²) in [4.78, 5) is 2.39. The molecule has 3 fully saturated rings. The molecule has 2 saturated heterocycles. The van der Waals surface area contributed by atoms with Gasteiger partial charge in [0, 0.05) is 25.9 Å². The first-order chi connectivity index (χ1) is 12.5. The second kappa shape index (κ2) is 8.87. The summed E-state index contributed by atoms with van der Waals surface area (Å²) in [6.45, 7) is 14.4. The molecule has 0 aromatic heterocycles. The average molecular weight is 370 g/mol. The monoisotopic (exact) mass is 369 g/mol. The third kappa shape index (κ3) is 4.99. The number of ether oxygens (including phenoxy) is 4. The zero-order valence-electron chi connectivity index (χ0n) is 17.3. The van der Waals surface area contributed by atoms with Crippen molar-refractivity contribution in [2.24, 2.45) is 11.3 Å². The van der Waals surface area contributed by atoms with Gasteiger partial charge in [0.2, 0.25) is 0 Å². The molecule has 152 valence electrons. The third-order valence-corrected chi connectivity index (χ3v) is 6.99. The quantitative estimate of drug-likeness (QED) is 0.651. The SMILES string of the molecule is CCN(CCC1COC2(CCC(C(C)(C)CC)CC2)O1)CC1OCCO1. The molecule has 5 nitrogen and oxygen atoms in total. The largest absolute Gasteiger partial charge is 0.349 e. The van der Waals surface area contributed by atoms with Crippen molar-refractivity contribution in [2.45, 2.75) is 84.4 Å². The third-order valence-electron chi connectivity index (χ3n) is 6.99. The van der Waals surface area contributed by atoms with E-state index in [4.69, 9.17) is 18.9 Å². The van der Waals surface area contributed by atoms with Crippen LogP contribution >= 0.6 is 0 Å². The fraction of sp³-hybridized carbons (Fsp3) is 1.00. The highest BCUT2D eigenvalue weighted by molar-refractivity contribution is 4.89. The summed E-state index contributed by atoms with van der Waals surface area (Å²) in [7, 11) is 0. The van der Waals surface area contributed by atoms with Crippen LogP contribution in [-0.4, -0.2) is 62.5 Å². The number of likely N-dealkylation sites (N-methyl/N-ethyl adjacent to an activating group) is 1. The second-order valence-corrected chi connectivity index (χ2v) is 8.93. The molecule has 0 bridgehead atoms. The van der Waals surface area contributed by atoms with Crippen molar-refractivity contribution in [3.8, 4) is 0 Å². The van der Waals surface area contributed by atoms with Crippen LogP contribution in [0.15, 0.2) is 0 Å². The lowest BCUT2D eigenvalue weighted by Gasteiger charge is -2.42. The van der Waals surface area contributed by atoms with Crippen LogP contribution in [0.3, 0.4) is 0 Å². The van der Waals surface area contributed by atoms with Crippen LogP contribution in [0, 0.1) is 11.3 Å². The molecular weight excluding hydrogens is 330 g/mol. The lowest BCUT2D eigenvalue weighted by atomic mass is 9.68. The molecule has 1 unspecified atom stereocenters. The van der Waals surface area contributed by atoms with Crippen LogP contribution in [0.2, 0.25) is 0 Å². The van der Waals surface area contributed by atoms with E-state index in [2.05, 4.69) is 32.6 Å². The molecule has 3 rings (SSSR count). The summed E-state index contributed by atoms with van der Waals surface area (Å²) in [5.41, 5.74) is 0.436. The maximum absolute atomic E-state index is 6.44. The Morgan fingerprint density at radius 3 is 2.38 bits per heavy atom. The molecule has 2 heterocycles. The summed E-state index contributed by atoms with van der Waals surface area (Å²) < 4.78 is 23.8. The minimum Gasteiger partial charge on any atom is -0.349 e. The lowest BCUT2D eigenvalue weighted by Crippen LogP contribution is -2.39. The first-order valence-electron chi connectivity index (χ1n) is 10.7. The summed E-state index contributed by atoms with van der Waals surface area (Å²) >= 11 is 0. The number of nitrogens with zero attached hydrogens (tertiary/aromatic N) is 1. The summed E-state index contributed by atoms with van der Waals surface area (Å²) in [5, 5.41) is 0. The van der Waals surface area contributed by atoms with Crippen molar-refractivity contribution in [3.05, 3.63) is 0 Å². The van der Waals surface area contributed by atoms with Gasteiger partial charge in [-0.2, -0.15) is 0 Å². The first kappa shape index (κ1) is 20.5. The van der Waals surface area contributed by atoms with Gasteiger partial charge in [-0.25, -0.2) is 0 Å². The number of hydrogen-bond acceptors (Lipinski definition) is 5. The fourth-order valence-corrected chi connectivity index (χ4v) is 4.58. The molecule has 3 aliphatic rings. The van der Waals surface area contributed by atoms with Gasteiger partial charge in [-0.05, 0) is 37.1 Å². The Bertz CT molecular complexity index is 428. The van der Waals surface area contributed by atoms with Gasteiger partial charge in [-0.15, -0.1) is 0 Å². The van der Waals surface area contributed by atoms with E-state index < -0.39 is 0 Å². The van der Waals surface area contributed by atoms with Crippen LogP contribution in [0.5, 0.6) is 0 Å². The van der Waals surface area contributed by atoms with Crippen molar-refractivity contribution in [1.29, 1.82) is 0 Å². The van der Waals surface area contributed by atoms with Crippen LogP contribution in [-0.2, 0) is 18.9 Å². The van der Waals surface area contributed by atoms with Crippen molar-refractivity contribution >= 4 is 0 Å². The molecule has 26 heavy (non-hydrogen) atoms. The van der Waals surface area contributed by atoms with Crippen molar-refractivity contribution < 1.29 is 18.9 Å². The minimum absolute atomic E-state index is 0.0563. The predicted molar refractivity (Wildman–Crippen MR) is 102 cm³/mol. The van der Waals surface area contributed by atoms with Gasteiger partial charge in [-0.1, -0.05) is 34.1 Å². The average Bonchev–Trinajstić information content (AvgIpc) is 3.29. The zero-order valence-corrected chi connectivity index (χ0v) is 17.3. The summed E-state index contributed by atoms with van der Waals surface area (Å²) in [6.07, 6.45) is 7.00. The maximum Gasteiger partial charge on any atom is 0.170 e. The summed E-state index contributed by atoms with van der Waals surface area (Å²) in [6, 6.07) is 0. The van der Waals surface area contributed by atoms with Crippen LogP contribution in [0.25, 0.3) is 0 Å². The van der Waals surface area contributed by atoms with Gasteiger partial charge in [0.15, 0.2) is 12.1 Å². The topological polar surface area (TPSA) is 40.2 Å². The van der Waals surface area contributed by atoms with Gasteiger partial charge in [-0.3, -0.25) is 4.90 Å². The smallest absolute Gasteiger partial charge is 0.170 e. The predicted octanol–water partition coefficient (Wildman–Crippen LogP) is 3.81.